The fourth-order valence-corrected chi connectivity index (χ4v) is 2.77. The van der Waals surface area contributed by atoms with Gasteiger partial charge in [0.05, 0.1) is 0 Å². The molecule has 0 aliphatic rings. The van der Waals surface area contributed by atoms with Crippen LogP contribution in [0.15, 0.2) is 72.8 Å². The van der Waals surface area contributed by atoms with Crippen LogP contribution < -0.4 is 0 Å². The molecule has 0 fully saturated rings. The zero-order chi connectivity index (χ0) is 16.9. The van der Waals surface area contributed by atoms with Crippen molar-refractivity contribution in [2.75, 3.05) is 0 Å². The van der Waals surface area contributed by atoms with Crippen LogP contribution in [0.3, 0.4) is 0 Å². The minimum atomic E-state index is 0.0829. The first-order valence-corrected chi connectivity index (χ1v) is 8.44. The average Bonchev–Trinajstić information content (AvgIpc) is 2.64. The van der Waals surface area contributed by atoms with E-state index >= 15 is 0 Å². The van der Waals surface area contributed by atoms with Crippen molar-refractivity contribution in [1.82, 2.24) is 0 Å². The van der Waals surface area contributed by atoms with Crippen molar-refractivity contribution < 1.29 is 4.79 Å². The molecule has 3 aromatic rings. The highest BCUT2D eigenvalue weighted by Gasteiger charge is 2.09. The summed E-state index contributed by atoms with van der Waals surface area (Å²) in [7, 11) is 0. The summed E-state index contributed by atoms with van der Waals surface area (Å²) in [6, 6.07) is 24.4. The molecular formula is C23H22O. The first-order valence-electron chi connectivity index (χ1n) is 8.44. The molecule has 0 heterocycles. The van der Waals surface area contributed by atoms with E-state index in [0.717, 1.165) is 24.0 Å². The van der Waals surface area contributed by atoms with Crippen molar-refractivity contribution in [2.45, 2.75) is 26.7 Å². The van der Waals surface area contributed by atoms with Crippen molar-refractivity contribution in [3.8, 4) is 0 Å². The minimum Gasteiger partial charge on any atom is -0.289 e. The van der Waals surface area contributed by atoms with Gasteiger partial charge < -0.3 is 0 Å². The maximum atomic E-state index is 12.6. The van der Waals surface area contributed by atoms with Crippen LogP contribution in [0.4, 0.5) is 0 Å². The predicted molar refractivity (Wildman–Crippen MR) is 99.7 cm³/mol. The summed E-state index contributed by atoms with van der Waals surface area (Å²) in [4.78, 5) is 12.6. The lowest BCUT2D eigenvalue weighted by Crippen LogP contribution is -2.01. The van der Waals surface area contributed by atoms with Crippen LogP contribution in [-0.4, -0.2) is 5.78 Å². The fraction of sp³-hybridized carbons (Fsp3) is 0.174. The molecule has 0 saturated heterocycles. The topological polar surface area (TPSA) is 17.1 Å². The number of ketones is 1. The molecule has 0 aliphatic heterocycles. The Morgan fingerprint density at radius 2 is 1.08 bits per heavy atom. The molecule has 1 nitrogen and oxygen atoms in total. The largest absolute Gasteiger partial charge is 0.289 e. The quantitative estimate of drug-likeness (QED) is 0.578. The van der Waals surface area contributed by atoms with Gasteiger partial charge in [0.25, 0.3) is 0 Å². The number of rotatable bonds is 5. The number of carbonyl (C=O) groups is 1. The third-order valence-corrected chi connectivity index (χ3v) is 4.37. The summed E-state index contributed by atoms with van der Waals surface area (Å²) >= 11 is 0. The van der Waals surface area contributed by atoms with Gasteiger partial charge in [-0.3, -0.25) is 4.79 Å². The molecule has 3 rings (SSSR count). The molecule has 3 aromatic carbocycles. The second kappa shape index (κ2) is 7.27. The van der Waals surface area contributed by atoms with Crippen LogP contribution in [0.1, 0.15) is 45.1 Å². The zero-order valence-electron chi connectivity index (χ0n) is 14.3. The lowest BCUT2D eigenvalue weighted by Gasteiger charge is -2.06. The van der Waals surface area contributed by atoms with E-state index < -0.39 is 0 Å². The van der Waals surface area contributed by atoms with Crippen LogP contribution >= 0.6 is 0 Å². The van der Waals surface area contributed by atoms with E-state index in [4.69, 9.17) is 0 Å². The molecule has 0 unspecified atom stereocenters. The average molecular weight is 314 g/mol. The van der Waals surface area contributed by atoms with Gasteiger partial charge in [-0.25, -0.2) is 0 Å². The smallest absolute Gasteiger partial charge is 0.193 e. The zero-order valence-corrected chi connectivity index (χ0v) is 14.3. The third-order valence-electron chi connectivity index (χ3n) is 4.37. The first kappa shape index (κ1) is 16.2. The molecule has 0 N–H and O–H groups in total. The van der Waals surface area contributed by atoms with Gasteiger partial charge in [-0.15, -0.1) is 0 Å². The number of hydrogen-bond acceptors (Lipinski definition) is 1. The monoisotopic (exact) mass is 314 g/mol. The Morgan fingerprint density at radius 1 is 0.667 bits per heavy atom. The summed E-state index contributed by atoms with van der Waals surface area (Å²) in [6.07, 6.45) is 1.88. The van der Waals surface area contributed by atoms with Gasteiger partial charge >= 0.3 is 0 Å². The summed E-state index contributed by atoms with van der Waals surface area (Å²) in [6.45, 7) is 4.21. The predicted octanol–water partition coefficient (Wildman–Crippen LogP) is 5.38. The lowest BCUT2D eigenvalue weighted by molar-refractivity contribution is 0.103. The highest BCUT2D eigenvalue weighted by molar-refractivity contribution is 6.09. The molecule has 1 heteroatoms. The maximum absolute atomic E-state index is 12.6. The maximum Gasteiger partial charge on any atom is 0.193 e. The number of carbonyl (C=O) groups excluding carboxylic acids is 1. The Labute approximate surface area is 144 Å². The molecule has 0 bridgehead atoms. The third kappa shape index (κ3) is 3.80. The van der Waals surface area contributed by atoms with E-state index in [1.807, 2.05) is 48.5 Å². The Bertz CT molecular complexity index is 809. The van der Waals surface area contributed by atoms with Crippen molar-refractivity contribution in [2.24, 2.45) is 0 Å². The van der Waals surface area contributed by atoms with E-state index in [1.165, 1.54) is 22.3 Å². The highest BCUT2D eigenvalue weighted by Crippen LogP contribution is 2.15. The molecule has 120 valence electrons. The Hall–Kier alpha value is -2.67. The van der Waals surface area contributed by atoms with Crippen LogP contribution in [0, 0.1) is 6.92 Å². The molecule has 0 radical (unpaired) electrons. The van der Waals surface area contributed by atoms with Gasteiger partial charge in [-0.2, -0.15) is 0 Å². The molecule has 0 spiro atoms. The van der Waals surface area contributed by atoms with Gasteiger partial charge in [0.15, 0.2) is 5.78 Å². The van der Waals surface area contributed by atoms with E-state index in [2.05, 4.69) is 38.1 Å². The summed E-state index contributed by atoms with van der Waals surface area (Å²) in [5.41, 5.74) is 6.52. The van der Waals surface area contributed by atoms with E-state index in [0.29, 0.717) is 0 Å². The summed E-state index contributed by atoms with van der Waals surface area (Å²) < 4.78 is 0. The second-order valence-corrected chi connectivity index (χ2v) is 6.24. The molecule has 0 amide bonds. The van der Waals surface area contributed by atoms with E-state index in [-0.39, 0.29) is 5.78 Å². The summed E-state index contributed by atoms with van der Waals surface area (Å²) in [5, 5.41) is 0. The Balaban J connectivity index is 1.73. The van der Waals surface area contributed by atoms with Gasteiger partial charge in [0.2, 0.25) is 0 Å². The number of aryl methyl sites for hydroxylation is 2. The standard InChI is InChI=1S/C23H22O/c1-3-18-8-12-21(13-9-18)23(24)22-14-10-20(11-15-22)16-19-6-4-17(2)5-7-19/h4-15H,3,16H2,1-2H3. The van der Waals surface area contributed by atoms with Crippen LogP contribution in [0.2, 0.25) is 0 Å². The molecule has 24 heavy (non-hydrogen) atoms. The van der Waals surface area contributed by atoms with E-state index in [1.54, 1.807) is 0 Å². The van der Waals surface area contributed by atoms with Crippen molar-refractivity contribution in [1.29, 1.82) is 0 Å². The normalized spacial score (nSPS) is 10.6. The molecule has 0 aromatic heterocycles. The summed E-state index contributed by atoms with van der Waals surface area (Å²) in [5.74, 6) is 0.0829. The number of hydrogen-bond donors (Lipinski definition) is 0. The molecule has 0 saturated carbocycles. The lowest BCUT2D eigenvalue weighted by atomic mass is 9.98. The fourth-order valence-electron chi connectivity index (χ4n) is 2.77. The molecular weight excluding hydrogens is 292 g/mol. The van der Waals surface area contributed by atoms with Crippen LogP contribution in [0.5, 0.6) is 0 Å². The van der Waals surface area contributed by atoms with Gasteiger partial charge in [0.1, 0.15) is 0 Å². The van der Waals surface area contributed by atoms with Crippen LogP contribution in [-0.2, 0) is 12.8 Å². The van der Waals surface area contributed by atoms with Crippen molar-refractivity contribution in [3.05, 3.63) is 106 Å². The highest BCUT2D eigenvalue weighted by atomic mass is 16.1. The van der Waals surface area contributed by atoms with Crippen molar-refractivity contribution >= 4 is 5.78 Å². The van der Waals surface area contributed by atoms with Crippen LogP contribution in [0.25, 0.3) is 0 Å². The molecule has 0 aliphatic carbocycles. The van der Waals surface area contributed by atoms with E-state index in [9.17, 15) is 4.79 Å². The SMILES string of the molecule is CCc1ccc(C(=O)c2ccc(Cc3ccc(C)cc3)cc2)cc1. The second-order valence-electron chi connectivity index (χ2n) is 6.24. The van der Waals surface area contributed by atoms with Gasteiger partial charge in [-0.1, -0.05) is 85.3 Å². The first-order chi connectivity index (χ1) is 11.7. The number of benzene rings is 3. The van der Waals surface area contributed by atoms with Gasteiger partial charge in [-0.05, 0) is 36.5 Å². The minimum absolute atomic E-state index is 0.0829. The van der Waals surface area contributed by atoms with Gasteiger partial charge in [0, 0.05) is 11.1 Å². The Kier molecular flexibility index (Phi) is 4.90. The molecule has 0 atom stereocenters. The van der Waals surface area contributed by atoms with Crippen molar-refractivity contribution in [3.63, 3.8) is 0 Å². The Morgan fingerprint density at radius 3 is 1.54 bits per heavy atom.